The van der Waals surface area contributed by atoms with Crippen LogP contribution >= 0.6 is 11.6 Å². The number of para-hydroxylation sites is 1. The van der Waals surface area contributed by atoms with Gasteiger partial charge in [-0.15, -0.1) is 0 Å². The van der Waals surface area contributed by atoms with E-state index >= 15 is 0 Å². The van der Waals surface area contributed by atoms with E-state index in [1.807, 2.05) is 42.5 Å². The summed E-state index contributed by atoms with van der Waals surface area (Å²) in [6, 6.07) is 18.0. The molecule has 0 fully saturated rings. The molecule has 0 saturated carbocycles. The molecule has 2 rings (SSSR count). The van der Waals surface area contributed by atoms with Gasteiger partial charge in [0.25, 0.3) is 0 Å². The van der Waals surface area contributed by atoms with Crippen molar-refractivity contribution in [2.45, 2.75) is 0 Å². The summed E-state index contributed by atoms with van der Waals surface area (Å²) in [4.78, 5) is 0. The van der Waals surface area contributed by atoms with Gasteiger partial charge in [0.05, 0.1) is 0 Å². The Morgan fingerprint density at radius 1 is 0.867 bits per heavy atom. The van der Waals surface area contributed by atoms with Crippen LogP contribution in [0.4, 0.5) is 0 Å². The van der Waals surface area contributed by atoms with Crippen LogP contribution in [-0.4, -0.2) is 0 Å². The summed E-state index contributed by atoms with van der Waals surface area (Å²) >= 11 is 4.53. The van der Waals surface area contributed by atoms with Gasteiger partial charge >= 0.3 is 108 Å². The Bertz CT molecular complexity index is 431. The van der Waals surface area contributed by atoms with E-state index in [-0.39, 0.29) is 0 Å². The van der Waals surface area contributed by atoms with E-state index in [0.29, 0.717) is 5.02 Å². The number of rotatable bonds is 3. The second-order valence-electron chi connectivity index (χ2n) is 3.20. The van der Waals surface area contributed by atoms with Gasteiger partial charge in [-0.1, -0.05) is 0 Å². The molecule has 2 aromatic rings. The van der Waals surface area contributed by atoms with Crippen LogP contribution in [0.1, 0.15) is 0 Å². The molecular weight excluding hydrogens is 396 g/mol. The second kappa shape index (κ2) is 5.52. The number of hydrogen-bond acceptors (Lipinski definition) is 1. The van der Waals surface area contributed by atoms with Crippen LogP contribution in [-0.2, 0) is 25.0 Å². The molecule has 2 aromatic carbocycles. The molecule has 0 spiro atoms. The molecule has 0 N–H and O–H groups in total. The molecule has 0 saturated heterocycles. The Balaban J connectivity index is 2.03. The first kappa shape index (κ1) is 11.0. The van der Waals surface area contributed by atoms with Crippen molar-refractivity contribution >= 4 is 14.7 Å². The van der Waals surface area contributed by atoms with Crippen molar-refractivity contribution in [3.8, 4) is 5.75 Å². The molecule has 0 unspecified atom stereocenters. The first-order valence-electron chi connectivity index (χ1n) is 4.77. The van der Waals surface area contributed by atoms with Crippen molar-refractivity contribution in [1.82, 2.24) is 0 Å². The van der Waals surface area contributed by atoms with Crippen molar-refractivity contribution in [3.63, 3.8) is 0 Å². The van der Waals surface area contributed by atoms with Crippen molar-refractivity contribution in [2.75, 3.05) is 0 Å². The van der Waals surface area contributed by atoms with E-state index < -0.39 is 25.0 Å². The van der Waals surface area contributed by atoms with Crippen LogP contribution < -0.4 is 5.72 Å². The molecule has 0 aliphatic carbocycles. The maximum absolute atomic E-state index is 6.00. The van der Waals surface area contributed by atoms with Gasteiger partial charge in [-0.05, 0) is 0 Å². The molecule has 3 heteroatoms. The van der Waals surface area contributed by atoms with Gasteiger partial charge in [0.2, 0.25) is 0 Å². The Morgan fingerprint density at radius 3 is 2.27 bits per heavy atom. The van der Waals surface area contributed by atoms with Gasteiger partial charge in [-0.3, -0.25) is 0 Å². The van der Waals surface area contributed by atoms with Crippen molar-refractivity contribution in [2.24, 2.45) is 0 Å². The van der Waals surface area contributed by atoms with Crippen LogP contribution in [0.5, 0.6) is 5.75 Å². The Labute approximate surface area is 107 Å². The van der Waals surface area contributed by atoms with Crippen LogP contribution in [0.25, 0.3) is 0 Å². The zero-order valence-corrected chi connectivity index (χ0v) is 14.4. The van der Waals surface area contributed by atoms with Gasteiger partial charge in [0.15, 0.2) is 0 Å². The molecule has 0 aliphatic heterocycles. The second-order valence-corrected chi connectivity index (χ2v) is 9.03. The SMILES string of the molecule is Clc1ccccc1[O][Hg][c]1ccccc1. The van der Waals surface area contributed by atoms with E-state index in [2.05, 4.69) is 12.1 Å². The molecule has 0 amide bonds. The molecule has 0 radical (unpaired) electrons. The first-order valence-corrected chi connectivity index (χ1v) is 10.1. The maximum atomic E-state index is 6.00. The normalized spacial score (nSPS) is 9.40. The number of halogens is 1. The Hall–Kier alpha value is -0.535. The molecular formula is C12H9ClHgO. The fraction of sp³-hybridized carbons (Fsp3) is 0. The van der Waals surface area contributed by atoms with E-state index in [9.17, 15) is 0 Å². The van der Waals surface area contributed by atoms with E-state index in [4.69, 9.17) is 14.2 Å². The third-order valence-corrected chi connectivity index (χ3v) is 7.28. The number of hydrogen-bond donors (Lipinski definition) is 0. The summed E-state index contributed by atoms with van der Waals surface area (Å²) in [5.41, 5.74) is 0. The Morgan fingerprint density at radius 2 is 1.53 bits per heavy atom. The standard InChI is InChI=1S/C6H5ClO.C6H5.Hg/c7-5-3-1-2-4-6(5)8;1-2-4-6-5-3-1;/h1-4,8H;1-5H;/q;;+1/p-1. The predicted octanol–water partition coefficient (Wildman–Crippen LogP) is 3.04. The van der Waals surface area contributed by atoms with Crippen LogP contribution in [0.15, 0.2) is 54.6 Å². The third-order valence-electron chi connectivity index (χ3n) is 2.07. The van der Waals surface area contributed by atoms with Crippen molar-refractivity contribution in [1.29, 1.82) is 0 Å². The zero-order valence-electron chi connectivity index (χ0n) is 8.19. The molecule has 1 nitrogen and oxygen atoms in total. The molecule has 0 aliphatic rings. The summed E-state index contributed by atoms with van der Waals surface area (Å²) in [6.07, 6.45) is 0. The molecule has 0 bridgehead atoms. The topological polar surface area (TPSA) is 9.23 Å². The minimum atomic E-state index is -1.47. The minimum absolute atomic E-state index is 0.702. The molecule has 0 heterocycles. The van der Waals surface area contributed by atoms with Crippen LogP contribution in [0, 0.1) is 0 Å². The molecule has 72 valence electrons. The van der Waals surface area contributed by atoms with Crippen LogP contribution in [0.3, 0.4) is 0 Å². The quantitative estimate of drug-likeness (QED) is 0.714. The summed E-state index contributed by atoms with van der Waals surface area (Å²) in [6.45, 7) is 0. The first-order chi connectivity index (χ1) is 7.36. The fourth-order valence-electron chi connectivity index (χ4n) is 1.30. The predicted molar refractivity (Wildman–Crippen MR) is 58.2 cm³/mol. The van der Waals surface area contributed by atoms with Gasteiger partial charge in [0.1, 0.15) is 0 Å². The van der Waals surface area contributed by atoms with Gasteiger partial charge < -0.3 is 0 Å². The van der Waals surface area contributed by atoms with E-state index in [1.54, 1.807) is 0 Å². The molecule has 0 atom stereocenters. The summed E-state index contributed by atoms with van der Waals surface area (Å²) in [7, 11) is 0. The van der Waals surface area contributed by atoms with Crippen molar-refractivity contribution < 1.29 is 27.7 Å². The van der Waals surface area contributed by atoms with Crippen LogP contribution in [0.2, 0.25) is 5.02 Å². The molecule has 0 aromatic heterocycles. The van der Waals surface area contributed by atoms with Gasteiger partial charge in [-0.25, -0.2) is 0 Å². The Kier molecular flexibility index (Phi) is 4.04. The average Bonchev–Trinajstić information content (AvgIpc) is 2.29. The van der Waals surface area contributed by atoms with Gasteiger partial charge in [-0.2, -0.15) is 0 Å². The fourth-order valence-corrected chi connectivity index (χ4v) is 5.88. The monoisotopic (exact) mass is 406 g/mol. The third kappa shape index (κ3) is 3.21. The van der Waals surface area contributed by atoms with E-state index in [0.717, 1.165) is 5.75 Å². The summed E-state index contributed by atoms with van der Waals surface area (Å²) in [5.74, 6) is 0.824. The molecule has 15 heavy (non-hydrogen) atoms. The zero-order chi connectivity index (χ0) is 10.5. The summed E-state index contributed by atoms with van der Waals surface area (Å²) in [5, 5.41) is 0.702. The average molecular weight is 405 g/mol. The van der Waals surface area contributed by atoms with Gasteiger partial charge in [0, 0.05) is 0 Å². The number of benzene rings is 2. The van der Waals surface area contributed by atoms with Crippen molar-refractivity contribution in [3.05, 3.63) is 59.6 Å². The summed E-state index contributed by atoms with van der Waals surface area (Å²) < 4.78 is 7.17. The van der Waals surface area contributed by atoms with E-state index in [1.165, 1.54) is 3.07 Å².